The van der Waals surface area contributed by atoms with Gasteiger partial charge in [0, 0.05) is 17.1 Å². The summed E-state index contributed by atoms with van der Waals surface area (Å²) in [4.78, 5) is 26.1. The Morgan fingerprint density at radius 1 is 1.11 bits per heavy atom. The highest BCUT2D eigenvalue weighted by Gasteiger charge is 2.34. The number of amides is 2. The molecular weight excluding hydrogens is 462 g/mol. The van der Waals surface area contributed by atoms with Gasteiger partial charge in [-0.25, -0.2) is 5.01 Å². The Balaban J connectivity index is 1.43. The van der Waals surface area contributed by atoms with Gasteiger partial charge in [-0.2, -0.15) is 0 Å². The first-order chi connectivity index (χ1) is 16.8. The van der Waals surface area contributed by atoms with Crippen LogP contribution in [0.4, 0.5) is 5.69 Å². The second-order valence-electron chi connectivity index (χ2n) is 8.99. The van der Waals surface area contributed by atoms with Crippen molar-refractivity contribution in [1.29, 1.82) is 0 Å². The molecule has 182 valence electrons. The molecule has 6 nitrogen and oxygen atoms in total. The lowest BCUT2D eigenvalue weighted by Crippen LogP contribution is -2.52. The van der Waals surface area contributed by atoms with Gasteiger partial charge < -0.3 is 10.1 Å². The van der Waals surface area contributed by atoms with Gasteiger partial charge in [0.2, 0.25) is 5.91 Å². The molecule has 0 bridgehead atoms. The number of nitrogens with zero attached hydrogens (tertiary/aromatic N) is 1. The van der Waals surface area contributed by atoms with Crippen LogP contribution in [0, 0.1) is 6.92 Å². The van der Waals surface area contributed by atoms with Gasteiger partial charge in [-0.1, -0.05) is 61.8 Å². The molecule has 0 aliphatic carbocycles. The summed E-state index contributed by atoms with van der Waals surface area (Å²) in [6.45, 7) is 6.58. The van der Waals surface area contributed by atoms with Gasteiger partial charge in [-0.3, -0.25) is 15.0 Å². The van der Waals surface area contributed by atoms with Crippen LogP contribution >= 0.6 is 11.6 Å². The van der Waals surface area contributed by atoms with Crippen LogP contribution in [-0.4, -0.2) is 23.4 Å². The smallest absolute Gasteiger partial charge is 0.276 e. The van der Waals surface area contributed by atoms with Crippen LogP contribution in [0.25, 0.3) is 0 Å². The Kier molecular flexibility index (Phi) is 7.61. The monoisotopic (exact) mass is 491 g/mol. The first-order valence-corrected chi connectivity index (χ1v) is 12.2. The number of carbonyl (C=O) groups is 2. The zero-order valence-corrected chi connectivity index (χ0v) is 20.9. The molecule has 1 aliphatic heterocycles. The standard InChI is InChI=1S/C28H30ClN3O3/c1-18(2)20-10-12-21(13-11-20)27-30-24-8-5-4-7-23(24)28(34)32(27)31-26(33)9-6-16-35-25-15-14-22(29)17-19(25)3/h4-5,7-8,10-15,17-18,27,30H,6,9,16H2,1-3H3,(H,31,33). The van der Waals surface area contributed by atoms with E-state index in [-0.39, 0.29) is 18.2 Å². The molecule has 2 amide bonds. The largest absolute Gasteiger partial charge is 0.493 e. The fourth-order valence-electron chi connectivity index (χ4n) is 4.05. The van der Waals surface area contributed by atoms with E-state index >= 15 is 0 Å². The van der Waals surface area contributed by atoms with Crippen molar-refractivity contribution in [1.82, 2.24) is 10.4 Å². The highest BCUT2D eigenvalue weighted by atomic mass is 35.5. The van der Waals surface area contributed by atoms with Crippen LogP contribution in [0.2, 0.25) is 5.02 Å². The normalized spacial score (nSPS) is 14.9. The molecule has 4 rings (SSSR count). The summed E-state index contributed by atoms with van der Waals surface area (Å²) in [6, 6.07) is 20.9. The summed E-state index contributed by atoms with van der Waals surface area (Å²) in [5.74, 6) is 0.644. The number of nitrogens with one attached hydrogen (secondary N) is 2. The summed E-state index contributed by atoms with van der Waals surface area (Å²) in [5, 5.41) is 5.45. The Morgan fingerprint density at radius 2 is 1.86 bits per heavy atom. The highest BCUT2D eigenvalue weighted by Crippen LogP contribution is 2.32. The van der Waals surface area contributed by atoms with E-state index in [1.54, 1.807) is 12.1 Å². The molecule has 1 unspecified atom stereocenters. The Bertz CT molecular complexity index is 1210. The zero-order valence-electron chi connectivity index (χ0n) is 20.2. The third kappa shape index (κ3) is 5.77. The number of anilines is 1. The van der Waals surface area contributed by atoms with E-state index in [1.807, 2.05) is 49.4 Å². The van der Waals surface area contributed by atoms with Crippen LogP contribution < -0.4 is 15.5 Å². The summed E-state index contributed by atoms with van der Waals surface area (Å²) >= 11 is 5.99. The van der Waals surface area contributed by atoms with E-state index in [1.165, 1.54) is 10.6 Å². The van der Waals surface area contributed by atoms with Crippen molar-refractivity contribution in [3.63, 3.8) is 0 Å². The summed E-state index contributed by atoms with van der Waals surface area (Å²) in [7, 11) is 0. The molecule has 2 N–H and O–H groups in total. The van der Waals surface area contributed by atoms with E-state index in [0.717, 1.165) is 22.6 Å². The molecule has 35 heavy (non-hydrogen) atoms. The van der Waals surface area contributed by atoms with Crippen LogP contribution in [0.15, 0.2) is 66.7 Å². The summed E-state index contributed by atoms with van der Waals surface area (Å²) in [6.07, 6.45) is 0.209. The van der Waals surface area contributed by atoms with Crippen molar-refractivity contribution in [2.45, 2.75) is 45.7 Å². The molecule has 0 saturated heterocycles. The molecule has 1 atom stereocenters. The number of hydrogen-bond donors (Lipinski definition) is 2. The lowest BCUT2D eigenvalue weighted by molar-refractivity contribution is -0.126. The van der Waals surface area contributed by atoms with Crippen LogP contribution in [0.1, 0.15) is 65.8 Å². The first kappa shape index (κ1) is 24.6. The quantitative estimate of drug-likeness (QED) is 0.366. The Labute approximate surface area is 211 Å². The van der Waals surface area contributed by atoms with E-state index in [2.05, 4.69) is 36.7 Å². The molecular formula is C28H30ClN3O3. The lowest BCUT2D eigenvalue weighted by atomic mass is 9.99. The van der Waals surface area contributed by atoms with E-state index in [9.17, 15) is 9.59 Å². The maximum Gasteiger partial charge on any atom is 0.276 e. The van der Waals surface area contributed by atoms with Gasteiger partial charge in [0.15, 0.2) is 0 Å². The minimum atomic E-state index is -0.518. The highest BCUT2D eigenvalue weighted by molar-refractivity contribution is 6.30. The van der Waals surface area contributed by atoms with Crippen molar-refractivity contribution in [2.24, 2.45) is 0 Å². The number of halogens is 1. The van der Waals surface area contributed by atoms with E-state index < -0.39 is 6.17 Å². The summed E-state index contributed by atoms with van der Waals surface area (Å²) in [5.41, 5.74) is 7.12. The van der Waals surface area contributed by atoms with Gasteiger partial charge in [-0.05, 0) is 66.3 Å². The number of para-hydroxylation sites is 1. The van der Waals surface area contributed by atoms with Crippen molar-refractivity contribution < 1.29 is 14.3 Å². The molecule has 1 heterocycles. The minimum Gasteiger partial charge on any atom is -0.493 e. The minimum absolute atomic E-state index is 0.219. The second-order valence-corrected chi connectivity index (χ2v) is 9.42. The van der Waals surface area contributed by atoms with Crippen molar-refractivity contribution in [3.05, 3.63) is 94.0 Å². The summed E-state index contributed by atoms with van der Waals surface area (Å²) < 4.78 is 5.79. The molecule has 0 fully saturated rings. The molecule has 0 radical (unpaired) electrons. The Morgan fingerprint density at radius 3 is 2.57 bits per heavy atom. The molecule has 3 aromatic carbocycles. The van der Waals surface area contributed by atoms with Crippen LogP contribution in [-0.2, 0) is 4.79 Å². The molecule has 0 saturated carbocycles. The fourth-order valence-corrected chi connectivity index (χ4v) is 4.27. The number of carbonyl (C=O) groups excluding carboxylic acids is 2. The Hall–Kier alpha value is -3.51. The second kappa shape index (κ2) is 10.8. The number of benzene rings is 3. The van der Waals surface area contributed by atoms with Gasteiger partial charge in [0.1, 0.15) is 11.9 Å². The maximum atomic E-state index is 13.3. The topological polar surface area (TPSA) is 70.7 Å². The molecule has 7 heteroatoms. The predicted molar refractivity (Wildman–Crippen MR) is 139 cm³/mol. The first-order valence-electron chi connectivity index (χ1n) is 11.8. The zero-order chi connectivity index (χ0) is 24.9. The van der Waals surface area contributed by atoms with Crippen molar-refractivity contribution in [3.8, 4) is 5.75 Å². The SMILES string of the molecule is Cc1cc(Cl)ccc1OCCCC(=O)NN1C(=O)c2ccccc2NC1c1ccc(C(C)C)cc1. The van der Waals surface area contributed by atoms with Gasteiger partial charge in [0.25, 0.3) is 5.91 Å². The van der Waals surface area contributed by atoms with Gasteiger partial charge >= 0.3 is 0 Å². The molecule has 1 aliphatic rings. The van der Waals surface area contributed by atoms with Crippen LogP contribution in [0.5, 0.6) is 5.75 Å². The number of hydrogen-bond acceptors (Lipinski definition) is 4. The molecule has 0 aromatic heterocycles. The van der Waals surface area contributed by atoms with E-state index in [0.29, 0.717) is 29.5 Å². The van der Waals surface area contributed by atoms with E-state index in [4.69, 9.17) is 16.3 Å². The van der Waals surface area contributed by atoms with Gasteiger partial charge in [-0.15, -0.1) is 0 Å². The number of ether oxygens (including phenoxy) is 1. The number of rotatable bonds is 8. The fraction of sp³-hybridized carbons (Fsp3) is 0.286. The number of aryl methyl sites for hydroxylation is 1. The number of hydrazine groups is 1. The third-order valence-corrected chi connectivity index (χ3v) is 6.27. The maximum absolute atomic E-state index is 13.3. The van der Waals surface area contributed by atoms with Crippen molar-refractivity contribution in [2.75, 3.05) is 11.9 Å². The predicted octanol–water partition coefficient (Wildman–Crippen LogP) is 6.23. The molecule has 0 spiro atoms. The average molecular weight is 492 g/mol. The molecule has 3 aromatic rings. The van der Waals surface area contributed by atoms with Gasteiger partial charge in [0.05, 0.1) is 12.2 Å². The van der Waals surface area contributed by atoms with Crippen LogP contribution in [0.3, 0.4) is 0 Å². The average Bonchev–Trinajstić information content (AvgIpc) is 2.84. The van der Waals surface area contributed by atoms with Crippen molar-refractivity contribution >= 4 is 29.1 Å². The lowest BCUT2D eigenvalue weighted by Gasteiger charge is -2.37. The number of fused-ring (bicyclic) bond motifs is 1. The third-order valence-electron chi connectivity index (χ3n) is 6.03.